The van der Waals surface area contributed by atoms with Crippen LogP contribution in [0.25, 0.3) is 0 Å². The number of rotatable bonds is 10. The third kappa shape index (κ3) is 7.91. The molecule has 0 atom stereocenters. The minimum atomic E-state index is -3.46. The standard InChI is InChI=1S/C19H22Cl2N2O3S2/c1-28(25,26)23(17-5-2-4-16(21)14-17)12-3-6-19(24)22-11-13-27-18-9-7-15(20)8-10-18/h2,4-5,7-10,14H,3,6,11-13H2,1H3,(H,22,24). The number of benzene rings is 2. The molecular weight excluding hydrogens is 439 g/mol. The molecule has 1 N–H and O–H groups in total. The zero-order chi connectivity index (χ0) is 20.6. The van der Waals surface area contributed by atoms with Gasteiger partial charge in [0.2, 0.25) is 15.9 Å². The highest BCUT2D eigenvalue weighted by Crippen LogP contribution is 2.22. The molecule has 152 valence electrons. The summed E-state index contributed by atoms with van der Waals surface area (Å²) in [5.74, 6) is 0.641. The lowest BCUT2D eigenvalue weighted by Gasteiger charge is -2.22. The normalized spacial score (nSPS) is 11.2. The number of nitrogens with one attached hydrogen (secondary N) is 1. The summed E-state index contributed by atoms with van der Waals surface area (Å²) in [6.45, 7) is 0.752. The minimum absolute atomic E-state index is 0.101. The molecule has 0 aliphatic rings. The monoisotopic (exact) mass is 460 g/mol. The Morgan fingerprint density at radius 1 is 1.11 bits per heavy atom. The molecule has 1 amide bonds. The van der Waals surface area contributed by atoms with E-state index in [-0.39, 0.29) is 18.9 Å². The maximum atomic E-state index is 12.1. The predicted octanol–water partition coefficient (Wildman–Crippen LogP) is 4.45. The third-order valence-corrected chi connectivity index (χ3v) is 6.46. The van der Waals surface area contributed by atoms with Crippen LogP contribution in [0.1, 0.15) is 12.8 Å². The molecule has 0 spiro atoms. The molecule has 0 aliphatic heterocycles. The van der Waals surface area contributed by atoms with Crippen molar-refractivity contribution in [2.24, 2.45) is 0 Å². The zero-order valence-corrected chi connectivity index (χ0v) is 18.5. The van der Waals surface area contributed by atoms with E-state index in [0.717, 1.165) is 16.9 Å². The van der Waals surface area contributed by atoms with Gasteiger partial charge in [0, 0.05) is 40.2 Å². The number of hydrogen-bond acceptors (Lipinski definition) is 4. The van der Waals surface area contributed by atoms with Crippen molar-refractivity contribution in [1.29, 1.82) is 0 Å². The van der Waals surface area contributed by atoms with E-state index < -0.39 is 10.0 Å². The topological polar surface area (TPSA) is 66.5 Å². The van der Waals surface area contributed by atoms with Gasteiger partial charge in [0.15, 0.2) is 0 Å². The van der Waals surface area contributed by atoms with E-state index in [4.69, 9.17) is 23.2 Å². The van der Waals surface area contributed by atoms with Crippen LogP contribution in [-0.2, 0) is 14.8 Å². The number of carbonyl (C=O) groups is 1. The highest BCUT2D eigenvalue weighted by molar-refractivity contribution is 7.99. The average molecular weight is 461 g/mol. The fourth-order valence-electron chi connectivity index (χ4n) is 2.48. The van der Waals surface area contributed by atoms with Crippen molar-refractivity contribution in [3.8, 4) is 0 Å². The summed E-state index contributed by atoms with van der Waals surface area (Å²) in [6.07, 6.45) is 1.80. The van der Waals surface area contributed by atoms with Gasteiger partial charge >= 0.3 is 0 Å². The van der Waals surface area contributed by atoms with Crippen LogP contribution in [0.5, 0.6) is 0 Å². The maximum Gasteiger partial charge on any atom is 0.232 e. The largest absolute Gasteiger partial charge is 0.355 e. The quantitative estimate of drug-likeness (QED) is 0.420. The first-order valence-electron chi connectivity index (χ1n) is 8.64. The maximum absolute atomic E-state index is 12.1. The highest BCUT2D eigenvalue weighted by atomic mass is 35.5. The SMILES string of the molecule is CS(=O)(=O)N(CCCC(=O)NCCSc1ccc(Cl)cc1)c1cccc(Cl)c1. The van der Waals surface area contributed by atoms with E-state index in [1.807, 2.05) is 24.3 Å². The molecular formula is C19H22Cl2N2O3S2. The van der Waals surface area contributed by atoms with Gasteiger partial charge in [-0.05, 0) is 48.9 Å². The van der Waals surface area contributed by atoms with Crippen molar-refractivity contribution in [3.63, 3.8) is 0 Å². The van der Waals surface area contributed by atoms with Crippen LogP contribution in [0.2, 0.25) is 10.0 Å². The summed E-state index contributed by atoms with van der Waals surface area (Å²) in [6, 6.07) is 14.2. The molecule has 0 unspecified atom stereocenters. The number of anilines is 1. The molecule has 0 aromatic heterocycles. The van der Waals surface area contributed by atoms with Gasteiger partial charge in [-0.15, -0.1) is 11.8 Å². The molecule has 2 rings (SSSR count). The van der Waals surface area contributed by atoms with Crippen LogP contribution in [0.15, 0.2) is 53.4 Å². The van der Waals surface area contributed by atoms with Crippen molar-refractivity contribution in [3.05, 3.63) is 58.6 Å². The van der Waals surface area contributed by atoms with E-state index in [2.05, 4.69) is 5.32 Å². The van der Waals surface area contributed by atoms with Crippen LogP contribution >= 0.6 is 35.0 Å². The molecule has 0 fully saturated rings. The Hall–Kier alpha value is -1.41. The Kier molecular flexibility index (Phi) is 8.95. The Balaban J connectivity index is 1.74. The summed E-state index contributed by atoms with van der Waals surface area (Å²) >= 11 is 13.4. The second kappa shape index (κ2) is 11.0. The number of hydrogen-bond donors (Lipinski definition) is 1. The summed E-state index contributed by atoms with van der Waals surface area (Å²) in [7, 11) is -3.46. The predicted molar refractivity (Wildman–Crippen MR) is 118 cm³/mol. The second-order valence-corrected chi connectivity index (χ2v) is 10.0. The van der Waals surface area contributed by atoms with Gasteiger partial charge in [0.05, 0.1) is 11.9 Å². The summed E-state index contributed by atoms with van der Waals surface area (Å²) in [5, 5.41) is 4.00. The Bertz CT molecular complexity index is 890. The molecule has 0 saturated carbocycles. The molecule has 0 heterocycles. The number of thioether (sulfide) groups is 1. The summed E-state index contributed by atoms with van der Waals surface area (Å²) in [4.78, 5) is 13.1. The number of amides is 1. The zero-order valence-electron chi connectivity index (χ0n) is 15.4. The summed E-state index contributed by atoms with van der Waals surface area (Å²) in [5.41, 5.74) is 0.495. The second-order valence-electron chi connectivity index (χ2n) is 6.07. The van der Waals surface area contributed by atoms with Gasteiger partial charge < -0.3 is 5.32 Å². The van der Waals surface area contributed by atoms with Crippen LogP contribution in [0.4, 0.5) is 5.69 Å². The van der Waals surface area contributed by atoms with E-state index in [1.165, 1.54) is 4.31 Å². The van der Waals surface area contributed by atoms with Crippen LogP contribution in [-0.4, -0.2) is 39.4 Å². The number of carbonyl (C=O) groups excluding carboxylic acids is 1. The number of halogens is 2. The van der Waals surface area contributed by atoms with E-state index in [1.54, 1.807) is 36.0 Å². The Morgan fingerprint density at radius 3 is 2.46 bits per heavy atom. The van der Waals surface area contributed by atoms with Gasteiger partial charge in [0.25, 0.3) is 0 Å². The fourth-order valence-corrected chi connectivity index (χ4v) is 4.52. The average Bonchev–Trinajstić information content (AvgIpc) is 2.63. The first-order valence-corrected chi connectivity index (χ1v) is 12.2. The first kappa shape index (κ1) is 22.9. The lowest BCUT2D eigenvalue weighted by molar-refractivity contribution is -0.121. The molecule has 28 heavy (non-hydrogen) atoms. The smallest absolute Gasteiger partial charge is 0.232 e. The van der Waals surface area contributed by atoms with Gasteiger partial charge in [-0.2, -0.15) is 0 Å². The van der Waals surface area contributed by atoms with Gasteiger partial charge in [-0.3, -0.25) is 9.10 Å². The number of nitrogens with zero attached hydrogens (tertiary/aromatic N) is 1. The molecule has 2 aromatic carbocycles. The van der Waals surface area contributed by atoms with E-state index >= 15 is 0 Å². The summed E-state index contributed by atoms with van der Waals surface area (Å²) < 4.78 is 25.4. The molecule has 5 nitrogen and oxygen atoms in total. The van der Waals surface area contributed by atoms with Crippen LogP contribution in [0, 0.1) is 0 Å². The fraction of sp³-hybridized carbons (Fsp3) is 0.316. The molecule has 0 radical (unpaired) electrons. The third-order valence-electron chi connectivity index (χ3n) is 3.77. The molecule has 0 aliphatic carbocycles. The van der Waals surface area contributed by atoms with Crippen molar-refractivity contribution >= 4 is 56.6 Å². The number of sulfonamides is 1. The van der Waals surface area contributed by atoms with Crippen molar-refractivity contribution in [2.45, 2.75) is 17.7 Å². The van der Waals surface area contributed by atoms with Gasteiger partial charge in [-0.1, -0.05) is 29.3 Å². The Morgan fingerprint density at radius 2 is 1.82 bits per heavy atom. The minimum Gasteiger partial charge on any atom is -0.355 e. The lowest BCUT2D eigenvalue weighted by atomic mass is 10.2. The molecule has 0 saturated heterocycles. The molecule has 9 heteroatoms. The molecule has 2 aromatic rings. The van der Waals surface area contributed by atoms with Crippen LogP contribution < -0.4 is 9.62 Å². The Labute approximate surface area is 180 Å². The first-order chi connectivity index (χ1) is 13.3. The lowest BCUT2D eigenvalue weighted by Crippen LogP contribution is -2.32. The van der Waals surface area contributed by atoms with Gasteiger partial charge in [-0.25, -0.2) is 8.42 Å². The van der Waals surface area contributed by atoms with Crippen molar-refractivity contribution in [2.75, 3.05) is 29.4 Å². The van der Waals surface area contributed by atoms with Crippen molar-refractivity contribution in [1.82, 2.24) is 5.32 Å². The van der Waals surface area contributed by atoms with Crippen molar-refractivity contribution < 1.29 is 13.2 Å². The van der Waals surface area contributed by atoms with E-state index in [0.29, 0.717) is 28.7 Å². The highest BCUT2D eigenvalue weighted by Gasteiger charge is 2.17. The molecule has 0 bridgehead atoms. The van der Waals surface area contributed by atoms with Crippen LogP contribution in [0.3, 0.4) is 0 Å². The van der Waals surface area contributed by atoms with E-state index in [9.17, 15) is 13.2 Å². The van der Waals surface area contributed by atoms with Gasteiger partial charge in [0.1, 0.15) is 0 Å².